The van der Waals surface area contributed by atoms with Gasteiger partial charge in [0.15, 0.2) is 0 Å². The van der Waals surface area contributed by atoms with Gasteiger partial charge in [0, 0.05) is 5.04 Å². The fourth-order valence-electron chi connectivity index (χ4n) is 2.16. The molecule has 0 nitrogen and oxygen atoms in total. The summed E-state index contributed by atoms with van der Waals surface area (Å²) in [5.41, 5.74) is 1.35. The Hall–Kier alpha value is -1.48. The zero-order valence-electron chi connectivity index (χ0n) is 11.4. The van der Waals surface area contributed by atoms with Gasteiger partial charge in [-0.2, -0.15) is 0 Å². The Morgan fingerprint density at radius 2 is 1.25 bits per heavy atom. The van der Waals surface area contributed by atoms with Crippen molar-refractivity contribution in [1.29, 1.82) is 0 Å². The molecule has 0 aliphatic carbocycles. The maximum atomic E-state index is 2.31. The molecule has 0 saturated carbocycles. The highest BCUT2D eigenvalue weighted by Crippen LogP contribution is 2.35. The molecular formula is C18H16P2. The van der Waals surface area contributed by atoms with Crippen LogP contribution >= 0.6 is 16.1 Å². The number of hydrogen-bond donors (Lipinski definition) is 0. The van der Waals surface area contributed by atoms with Crippen LogP contribution in [-0.4, -0.2) is 0 Å². The average Bonchev–Trinajstić information content (AvgIpc) is 2.52. The fraction of sp³-hybridized carbons (Fsp3) is 0.0556. The van der Waals surface area contributed by atoms with Crippen LogP contribution in [0.4, 0.5) is 0 Å². The number of benzene rings is 2. The van der Waals surface area contributed by atoms with Gasteiger partial charge < -0.3 is 0 Å². The molecule has 1 aromatic heterocycles. The van der Waals surface area contributed by atoms with Gasteiger partial charge in [-0.25, -0.2) is 0 Å². The van der Waals surface area contributed by atoms with Gasteiger partial charge in [0.1, 0.15) is 0 Å². The standard InChI is InChI=1S/C18H16P2/c1-15-12-13-18(19-14-15)20(16-8-4-2-5-9-16)17-10-6-3-7-11-17/h2-14H,1H3. The van der Waals surface area contributed by atoms with E-state index in [-0.39, 0.29) is 0 Å². The molecule has 0 bridgehead atoms. The van der Waals surface area contributed by atoms with Crippen LogP contribution in [0.2, 0.25) is 0 Å². The van der Waals surface area contributed by atoms with Crippen molar-refractivity contribution in [1.82, 2.24) is 0 Å². The molecule has 0 radical (unpaired) electrons. The summed E-state index contributed by atoms with van der Waals surface area (Å²) in [7, 11) is 0.918. The molecule has 2 heteroatoms. The molecule has 98 valence electrons. The molecule has 0 atom stereocenters. The quantitative estimate of drug-likeness (QED) is 0.631. The Morgan fingerprint density at radius 3 is 1.70 bits per heavy atom. The Morgan fingerprint density at radius 1 is 0.700 bits per heavy atom. The van der Waals surface area contributed by atoms with Gasteiger partial charge in [0.25, 0.3) is 0 Å². The van der Waals surface area contributed by atoms with Crippen molar-refractivity contribution in [3.8, 4) is 0 Å². The number of rotatable bonds is 3. The Balaban J connectivity index is 2.11. The Kier molecular flexibility index (Phi) is 4.26. The van der Waals surface area contributed by atoms with Crippen LogP contribution in [0.5, 0.6) is 0 Å². The van der Waals surface area contributed by atoms with Crippen molar-refractivity contribution in [2.24, 2.45) is 0 Å². The second kappa shape index (κ2) is 6.31. The molecule has 0 saturated heterocycles. The predicted octanol–water partition coefficient (Wildman–Crippen LogP) is 4.33. The second-order valence-electron chi connectivity index (χ2n) is 4.70. The van der Waals surface area contributed by atoms with Gasteiger partial charge in [-0.05, 0) is 42.9 Å². The third-order valence-corrected chi connectivity index (χ3v) is 7.29. The van der Waals surface area contributed by atoms with E-state index in [0.29, 0.717) is 0 Å². The fourth-order valence-corrected chi connectivity index (χ4v) is 6.06. The van der Waals surface area contributed by atoms with Crippen LogP contribution < -0.4 is 15.6 Å². The van der Waals surface area contributed by atoms with E-state index in [1.807, 2.05) is 0 Å². The van der Waals surface area contributed by atoms with Gasteiger partial charge in [-0.15, -0.1) is 0 Å². The maximum Gasteiger partial charge on any atom is 0.0121 e. The van der Waals surface area contributed by atoms with E-state index < -0.39 is 7.92 Å². The van der Waals surface area contributed by atoms with Crippen molar-refractivity contribution < 1.29 is 0 Å². The highest BCUT2D eigenvalue weighted by Gasteiger charge is 2.15. The zero-order valence-corrected chi connectivity index (χ0v) is 13.2. The lowest BCUT2D eigenvalue weighted by molar-refractivity contribution is 1.54. The lowest BCUT2D eigenvalue weighted by atomic mass is 10.4. The molecular weight excluding hydrogens is 278 g/mol. The SMILES string of the molecule is Cc1ccc(P(c2ccccc2)c2ccccc2)pc1. The Labute approximate surface area is 123 Å². The summed E-state index contributed by atoms with van der Waals surface area (Å²) in [6.45, 7) is 2.16. The summed E-state index contributed by atoms with van der Waals surface area (Å²) in [5, 5.41) is 4.35. The molecule has 20 heavy (non-hydrogen) atoms. The first-order valence-corrected chi connectivity index (χ1v) is 8.98. The van der Waals surface area contributed by atoms with E-state index in [1.165, 1.54) is 29.4 Å². The lowest BCUT2D eigenvalue weighted by Crippen LogP contribution is -2.18. The maximum absolute atomic E-state index is 2.31. The normalized spacial score (nSPS) is 11.1. The largest absolute Gasteiger partial charge is 0.0670 e. The summed E-state index contributed by atoms with van der Waals surface area (Å²) in [6, 6.07) is 26.3. The second-order valence-corrected chi connectivity index (χ2v) is 8.24. The molecule has 0 N–H and O–H groups in total. The number of hydrogen-bond acceptors (Lipinski definition) is 0. The van der Waals surface area contributed by atoms with E-state index >= 15 is 0 Å². The van der Waals surface area contributed by atoms with E-state index in [1.54, 1.807) is 0 Å². The minimum Gasteiger partial charge on any atom is -0.0670 e. The van der Waals surface area contributed by atoms with Crippen LogP contribution in [0.15, 0.2) is 78.6 Å². The molecule has 1 heterocycles. The molecule has 0 amide bonds. The zero-order chi connectivity index (χ0) is 13.8. The van der Waals surface area contributed by atoms with E-state index in [9.17, 15) is 0 Å². The minimum absolute atomic E-state index is 0.415. The summed E-state index contributed by atoms with van der Waals surface area (Å²) in [4.78, 5) is 0. The Bertz CT molecular complexity index is 621. The summed E-state index contributed by atoms with van der Waals surface area (Å²) in [6.07, 6.45) is 0. The van der Waals surface area contributed by atoms with Crippen molar-refractivity contribution >= 4 is 31.8 Å². The molecule has 0 fully saturated rings. The smallest absolute Gasteiger partial charge is 0.0121 e. The van der Waals surface area contributed by atoms with E-state index in [2.05, 4.69) is 85.5 Å². The van der Waals surface area contributed by atoms with Crippen LogP contribution in [0.1, 0.15) is 5.56 Å². The van der Waals surface area contributed by atoms with Crippen LogP contribution in [0.3, 0.4) is 0 Å². The van der Waals surface area contributed by atoms with Crippen molar-refractivity contribution in [2.45, 2.75) is 6.92 Å². The molecule has 0 spiro atoms. The van der Waals surface area contributed by atoms with Crippen molar-refractivity contribution in [3.05, 3.63) is 84.2 Å². The van der Waals surface area contributed by atoms with Crippen LogP contribution in [0.25, 0.3) is 0 Å². The highest BCUT2D eigenvalue weighted by atomic mass is 31.1. The molecule has 3 rings (SSSR count). The topological polar surface area (TPSA) is 0 Å². The molecule has 0 aliphatic heterocycles. The first-order valence-electron chi connectivity index (χ1n) is 6.67. The molecule has 2 aromatic carbocycles. The van der Waals surface area contributed by atoms with Crippen molar-refractivity contribution in [2.75, 3.05) is 0 Å². The van der Waals surface area contributed by atoms with E-state index in [0.717, 1.165) is 0 Å². The van der Waals surface area contributed by atoms with Gasteiger partial charge in [-0.1, -0.05) is 74.9 Å². The highest BCUT2D eigenvalue weighted by molar-refractivity contribution is 7.85. The molecule has 0 unspecified atom stereocenters. The van der Waals surface area contributed by atoms with Crippen LogP contribution in [-0.2, 0) is 0 Å². The molecule has 0 aliphatic rings. The molecule has 3 aromatic rings. The van der Waals surface area contributed by atoms with Gasteiger partial charge >= 0.3 is 0 Å². The van der Waals surface area contributed by atoms with Crippen molar-refractivity contribution in [3.63, 3.8) is 0 Å². The first-order chi connectivity index (χ1) is 9.84. The summed E-state index contributed by atoms with van der Waals surface area (Å²) < 4.78 is 0. The lowest BCUT2D eigenvalue weighted by Gasteiger charge is -2.18. The first kappa shape index (κ1) is 13.5. The predicted molar refractivity (Wildman–Crippen MR) is 92.4 cm³/mol. The van der Waals surface area contributed by atoms with Gasteiger partial charge in [0.05, 0.1) is 0 Å². The summed E-state index contributed by atoms with van der Waals surface area (Å²) >= 11 is 0. The third kappa shape index (κ3) is 2.98. The average molecular weight is 294 g/mol. The summed E-state index contributed by atoms with van der Waals surface area (Å²) in [5.74, 6) is 2.30. The van der Waals surface area contributed by atoms with Gasteiger partial charge in [0.2, 0.25) is 0 Å². The van der Waals surface area contributed by atoms with Crippen LogP contribution in [0, 0.1) is 6.92 Å². The monoisotopic (exact) mass is 294 g/mol. The van der Waals surface area contributed by atoms with E-state index in [4.69, 9.17) is 0 Å². The third-order valence-electron chi connectivity index (χ3n) is 3.15. The minimum atomic E-state index is -0.415. The van der Waals surface area contributed by atoms with Gasteiger partial charge in [-0.3, -0.25) is 0 Å². The number of aryl methyl sites for hydroxylation is 1.